The van der Waals surface area contributed by atoms with E-state index >= 15 is 0 Å². The molecule has 3 amide bonds. The number of carbonyl (C=O) groups excluding carboxylic acids is 2. The maximum Gasteiger partial charge on any atom is 0.339 e. The van der Waals surface area contributed by atoms with E-state index in [-0.39, 0.29) is 17.9 Å². The second-order valence-electron chi connectivity index (χ2n) is 4.51. The van der Waals surface area contributed by atoms with Crippen molar-refractivity contribution in [3.8, 4) is 0 Å². The highest BCUT2D eigenvalue weighted by atomic mass is 16.4. The van der Waals surface area contributed by atoms with Gasteiger partial charge >= 0.3 is 12.0 Å². The average molecular weight is 252 g/mol. The molecule has 0 aliphatic carbocycles. The van der Waals surface area contributed by atoms with Gasteiger partial charge in [-0.1, -0.05) is 0 Å². The van der Waals surface area contributed by atoms with Crippen LogP contribution < -0.4 is 5.32 Å². The molecule has 18 heavy (non-hydrogen) atoms. The molecule has 1 aromatic heterocycles. The standard InChI is InChI=1S/C11H12N2O5/c1-11(2)9(16)13(10(17)12-11)5-7-6(8(14)15)3-4-18-7/h3-4H,5H2,1-2H3,(H,12,17)(H,14,15). The summed E-state index contributed by atoms with van der Waals surface area (Å²) >= 11 is 0. The van der Waals surface area contributed by atoms with E-state index in [2.05, 4.69) is 5.32 Å². The summed E-state index contributed by atoms with van der Waals surface area (Å²) in [6.45, 7) is 2.96. The second kappa shape index (κ2) is 3.86. The minimum absolute atomic E-state index is 0.0553. The zero-order chi connectivity index (χ0) is 13.5. The Hall–Kier alpha value is -2.31. The summed E-state index contributed by atoms with van der Waals surface area (Å²) in [5, 5.41) is 11.4. The molecule has 1 aliphatic heterocycles. The fourth-order valence-corrected chi connectivity index (χ4v) is 1.76. The number of carboxylic acids is 1. The molecule has 0 radical (unpaired) electrons. The summed E-state index contributed by atoms with van der Waals surface area (Å²) < 4.78 is 5.00. The van der Waals surface area contributed by atoms with Gasteiger partial charge in [0.05, 0.1) is 12.8 Å². The molecule has 2 heterocycles. The van der Waals surface area contributed by atoms with E-state index in [1.165, 1.54) is 12.3 Å². The summed E-state index contributed by atoms with van der Waals surface area (Å²) in [5.41, 5.74) is -1.03. The Morgan fingerprint density at radius 1 is 1.50 bits per heavy atom. The number of hydrogen-bond acceptors (Lipinski definition) is 4. The average Bonchev–Trinajstić information content (AvgIpc) is 2.78. The maximum atomic E-state index is 11.9. The van der Waals surface area contributed by atoms with Crippen LogP contribution in [0, 0.1) is 0 Å². The van der Waals surface area contributed by atoms with Crippen molar-refractivity contribution in [3.63, 3.8) is 0 Å². The second-order valence-corrected chi connectivity index (χ2v) is 4.51. The molecule has 1 saturated heterocycles. The van der Waals surface area contributed by atoms with Crippen molar-refractivity contribution in [1.82, 2.24) is 10.2 Å². The van der Waals surface area contributed by atoms with Crippen molar-refractivity contribution in [2.75, 3.05) is 0 Å². The van der Waals surface area contributed by atoms with E-state index in [4.69, 9.17) is 9.52 Å². The van der Waals surface area contributed by atoms with Crippen molar-refractivity contribution >= 4 is 17.9 Å². The molecule has 1 aliphatic rings. The highest BCUT2D eigenvalue weighted by Gasteiger charge is 2.44. The molecule has 2 N–H and O–H groups in total. The topological polar surface area (TPSA) is 99.8 Å². The summed E-state index contributed by atoms with van der Waals surface area (Å²) in [6, 6.07) is 0.721. The molecule has 96 valence electrons. The monoisotopic (exact) mass is 252 g/mol. The normalized spacial score (nSPS) is 18.0. The van der Waals surface area contributed by atoms with Crippen LogP contribution in [-0.2, 0) is 11.3 Å². The molecule has 0 aromatic carbocycles. The number of carboxylic acid groups (broad SMARTS) is 1. The van der Waals surface area contributed by atoms with Gasteiger partial charge in [-0.25, -0.2) is 9.59 Å². The number of amides is 3. The summed E-state index contributed by atoms with van der Waals surface area (Å²) in [7, 11) is 0. The number of nitrogens with one attached hydrogen (secondary N) is 1. The highest BCUT2D eigenvalue weighted by molar-refractivity contribution is 6.06. The van der Waals surface area contributed by atoms with Crippen LogP contribution in [0.15, 0.2) is 16.7 Å². The molecule has 0 spiro atoms. The molecule has 2 rings (SSSR count). The lowest BCUT2D eigenvalue weighted by atomic mass is 10.1. The minimum Gasteiger partial charge on any atom is -0.478 e. The first kappa shape index (κ1) is 12.2. The molecule has 7 nitrogen and oxygen atoms in total. The lowest BCUT2D eigenvalue weighted by molar-refractivity contribution is -0.130. The van der Waals surface area contributed by atoms with Crippen LogP contribution in [0.3, 0.4) is 0 Å². The van der Waals surface area contributed by atoms with E-state index in [1.807, 2.05) is 0 Å². The number of aromatic carboxylic acids is 1. The van der Waals surface area contributed by atoms with Crippen molar-refractivity contribution in [2.24, 2.45) is 0 Å². The first-order chi connectivity index (χ1) is 8.33. The smallest absolute Gasteiger partial charge is 0.339 e. The van der Waals surface area contributed by atoms with Gasteiger partial charge in [-0.15, -0.1) is 0 Å². The Bertz CT molecular complexity index is 531. The summed E-state index contributed by atoms with van der Waals surface area (Å²) in [6.07, 6.45) is 1.21. The van der Waals surface area contributed by atoms with Crippen LogP contribution >= 0.6 is 0 Å². The molecule has 7 heteroatoms. The van der Waals surface area contributed by atoms with Crippen LogP contribution in [0.1, 0.15) is 30.0 Å². The van der Waals surface area contributed by atoms with Gasteiger partial charge in [0.25, 0.3) is 5.91 Å². The van der Waals surface area contributed by atoms with Crippen LogP contribution in [0.25, 0.3) is 0 Å². The van der Waals surface area contributed by atoms with E-state index in [1.54, 1.807) is 13.8 Å². The first-order valence-corrected chi connectivity index (χ1v) is 5.26. The lowest BCUT2D eigenvalue weighted by Crippen LogP contribution is -2.40. The van der Waals surface area contributed by atoms with Crippen LogP contribution in [0.5, 0.6) is 0 Å². The molecule has 0 unspecified atom stereocenters. The zero-order valence-electron chi connectivity index (χ0n) is 9.89. The third kappa shape index (κ3) is 1.83. The predicted octanol–water partition coefficient (Wildman–Crippen LogP) is 0.808. The Morgan fingerprint density at radius 2 is 2.17 bits per heavy atom. The van der Waals surface area contributed by atoms with Crippen LogP contribution in [-0.4, -0.2) is 33.5 Å². The molecule has 1 aromatic rings. The summed E-state index contributed by atoms with van der Waals surface area (Å²) in [4.78, 5) is 35.3. The van der Waals surface area contributed by atoms with Gasteiger partial charge < -0.3 is 14.8 Å². The number of carbonyl (C=O) groups is 3. The Kier molecular flexibility index (Phi) is 2.61. The zero-order valence-corrected chi connectivity index (χ0v) is 9.89. The Balaban J connectivity index is 2.25. The van der Waals surface area contributed by atoms with Gasteiger partial charge in [-0.2, -0.15) is 0 Å². The Labute approximate surface area is 102 Å². The van der Waals surface area contributed by atoms with E-state index in [9.17, 15) is 14.4 Å². The highest BCUT2D eigenvalue weighted by Crippen LogP contribution is 2.21. The number of furan rings is 1. The summed E-state index contributed by atoms with van der Waals surface area (Å²) in [5.74, 6) is -1.51. The van der Waals surface area contributed by atoms with Gasteiger partial charge in [-0.05, 0) is 19.9 Å². The van der Waals surface area contributed by atoms with Gasteiger partial charge in [0.2, 0.25) is 0 Å². The molecular weight excluding hydrogens is 240 g/mol. The van der Waals surface area contributed by atoms with Gasteiger partial charge in [0.15, 0.2) is 0 Å². The largest absolute Gasteiger partial charge is 0.478 e. The first-order valence-electron chi connectivity index (χ1n) is 5.26. The molecule has 0 saturated carbocycles. The van der Waals surface area contributed by atoms with Crippen molar-refractivity contribution in [2.45, 2.75) is 25.9 Å². The molecule has 0 bridgehead atoms. The number of nitrogens with zero attached hydrogens (tertiary/aromatic N) is 1. The van der Waals surface area contributed by atoms with E-state index in [0.29, 0.717) is 0 Å². The van der Waals surface area contributed by atoms with E-state index in [0.717, 1.165) is 4.90 Å². The van der Waals surface area contributed by atoms with Crippen molar-refractivity contribution in [1.29, 1.82) is 0 Å². The fourth-order valence-electron chi connectivity index (χ4n) is 1.76. The van der Waals surface area contributed by atoms with Crippen molar-refractivity contribution in [3.05, 3.63) is 23.7 Å². The number of urea groups is 1. The lowest BCUT2D eigenvalue weighted by Gasteiger charge is -2.15. The molecule has 1 fully saturated rings. The maximum absolute atomic E-state index is 11.9. The van der Waals surface area contributed by atoms with Crippen LogP contribution in [0.4, 0.5) is 4.79 Å². The fraction of sp³-hybridized carbons (Fsp3) is 0.364. The van der Waals surface area contributed by atoms with Gasteiger partial charge in [-0.3, -0.25) is 9.69 Å². The third-order valence-electron chi connectivity index (χ3n) is 2.72. The van der Waals surface area contributed by atoms with Gasteiger partial charge in [0.1, 0.15) is 16.9 Å². The van der Waals surface area contributed by atoms with Crippen molar-refractivity contribution < 1.29 is 23.9 Å². The van der Waals surface area contributed by atoms with Crippen LogP contribution in [0.2, 0.25) is 0 Å². The molecule has 0 atom stereocenters. The quantitative estimate of drug-likeness (QED) is 0.775. The molecular formula is C11H12N2O5. The Morgan fingerprint density at radius 3 is 2.67 bits per heavy atom. The number of hydrogen-bond donors (Lipinski definition) is 2. The number of imide groups is 1. The van der Waals surface area contributed by atoms with Gasteiger partial charge in [0, 0.05) is 0 Å². The SMILES string of the molecule is CC1(C)NC(=O)N(Cc2occc2C(=O)O)C1=O. The predicted molar refractivity (Wildman–Crippen MR) is 58.8 cm³/mol. The third-order valence-corrected chi connectivity index (χ3v) is 2.72. The number of rotatable bonds is 3. The minimum atomic E-state index is -1.16. The van der Waals surface area contributed by atoms with E-state index < -0.39 is 23.4 Å².